The average molecular weight is 344 g/mol. The molecular weight excluding hydrogens is 335 g/mol. The topological polar surface area (TPSA) is 17.1 Å². The van der Waals surface area contributed by atoms with Crippen molar-refractivity contribution in [3.8, 4) is 0 Å². The molecule has 0 saturated heterocycles. The fraction of sp³-hybridized carbons (Fsp3) is 0.0714. The Hall–Kier alpha value is -0.830. The molecule has 0 aliphatic carbocycles. The predicted octanol–water partition coefficient (Wildman–Crippen LogP) is 5.18. The van der Waals surface area contributed by atoms with E-state index in [9.17, 15) is 4.79 Å². The standard InChI is InChI=1S/C14H9BrCl2O/c15-10-4-1-3-9(7-10)8-13(18)11-5-2-6-12(16)14(11)17/h1-7H,8H2. The second-order valence-corrected chi connectivity index (χ2v) is 5.53. The van der Waals surface area contributed by atoms with Crippen molar-refractivity contribution in [3.63, 3.8) is 0 Å². The molecule has 0 saturated carbocycles. The number of hydrogen-bond donors (Lipinski definition) is 0. The van der Waals surface area contributed by atoms with Gasteiger partial charge in [-0.2, -0.15) is 0 Å². The number of rotatable bonds is 3. The van der Waals surface area contributed by atoms with Crippen LogP contribution in [0.5, 0.6) is 0 Å². The Balaban J connectivity index is 2.25. The molecule has 0 amide bonds. The van der Waals surface area contributed by atoms with Crippen LogP contribution in [0.2, 0.25) is 10.0 Å². The van der Waals surface area contributed by atoms with Gasteiger partial charge in [0.05, 0.1) is 10.0 Å². The van der Waals surface area contributed by atoms with Crippen molar-refractivity contribution in [3.05, 3.63) is 68.1 Å². The Kier molecular flexibility index (Phi) is 4.44. The highest BCUT2D eigenvalue weighted by Gasteiger charge is 2.13. The van der Waals surface area contributed by atoms with Gasteiger partial charge in [-0.15, -0.1) is 0 Å². The van der Waals surface area contributed by atoms with Crippen molar-refractivity contribution in [2.24, 2.45) is 0 Å². The van der Waals surface area contributed by atoms with E-state index < -0.39 is 0 Å². The zero-order valence-electron chi connectivity index (χ0n) is 9.29. The van der Waals surface area contributed by atoms with Gasteiger partial charge >= 0.3 is 0 Å². The molecule has 0 N–H and O–H groups in total. The number of ketones is 1. The SMILES string of the molecule is O=C(Cc1cccc(Br)c1)c1cccc(Cl)c1Cl. The summed E-state index contributed by atoms with van der Waals surface area (Å²) in [4.78, 5) is 12.1. The fourth-order valence-corrected chi connectivity index (χ4v) is 2.50. The molecule has 18 heavy (non-hydrogen) atoms. The third kappa shape index (κ3) is 3.14. The summed E-state index contributed by atoms with van der Waals surface area (Å²) in [5, 5.41) is 0.718. The fourth-order valence-electron chi connectivity index (χ4n) is 1.65. The highest BCUT2D eigenvalue weighted by molar-refractivity contribution is 9.10. The first kappa shape index (κ1) is 13.6. The third-order valence-corrected chi connectivity index (χ3v) is 3.82. The van der Waals surface area contributed by atoms with Gasteiger partial charge in [0.25, 0.3) is 0 Å². The van der Waals surface area contributed by atoms with Gasteiger partial charge in [0.15, 0.2) is 5.78 Å². The van der Waals surface area contributed by atoms with Crippen LogP contribution in [0.4, 0.5) is 0 Å². The summed E-state index contributed by atoms with van der Waals surface area (Å²) in [5.41, 5.74) is 1.40. The number of hydrogen-bond acceptors (Lipinski definition) is 1. The molecule has 1 nitrogen and oxygen atoms in total. The van der Waals surface area contributed by atoms with Gasteiger partial charge in [0.2, 0.25) is 0 Å². The predicted molar refractivity (Wildman–Crippen MR) is 78.6 cm³/mol. The molecular formula is C14H9BrCl2O. The van der Waals surface area contributed by atoms with Gasteiger partial charge in [-0.05, 0) is 29.8 Å². The van der Waals surface area contributed by atoms with Crippen LogP contribution in [-0.4, -0.2) is 5.78 Å². The van der Waals surface area contributed by atoms with Crippen molar-refractivity contribution in [2.75, 3.05) is 0 Å². The first-order valence-corrected chi connectivity index (χ1v) is 6.84. The Labute approximate surface area is 124 Å². The molecule has 0 radical (unpaired) electrons. The smallest absolute Gasteiger partial charge is 0.168 e. The lowest BCUT2D eigenvalue weighted by Crippen LogP contribution is -2.04. The Morgan fingerprint density at radius 2 is 1.83 bits per heavy atom. The molecule has 2 rings (SSSR count). The second kappa shape index (κ2) is 5.87. The van der Waals surface area contributed by atoms with Crippen LogP contribution in [0.1, 0.15) is 15.9 Å². The first-order valence-electron chi connectivity index (χ1n) is 5.29. The maximum Gasteiger partial charge on any atom is 0.168 e. The summed E-state index contributed by atoms with van der Waals surface area (Å²) in [6, 6.07) is 12.7. The summed E-state index contributed by atoms with van der Waals surface area (Å²) < 4.78 is 0.949. The van der Waals surface area contributed by atoms with Crippen molar-refractivity contribution in [2.45, 2.75) is 6.42 Å². The van der Waals surface area contributed by atoms with E-state index in [2.05, 4.69) is 15.9 Å². The molecule has 0 aromatic heterocycles. The minimum absolute atomic E-state index is 0.0411. The average Bonchev–Trinajstić information content (AvgIpc) is 2.32. The van der Waals surface area contributed by atoms with Gasteiger partial charge in [-0.3, -0.25) is 4.79 Å². The lowest BCUT2D eigenvalue weighted by Gasteiger charge is -2.05. The zero-order chi connectivity index (χ0) is 13.1. The van der Waals surface area contributed by atoms with E-state index in [-0.39, 0.29) is 5.78 Å². The van der Waals surface area contributed by atoms with Crippen LogP contribution in [0.15, 0.2) is 46.9 Å². The molecule has 0 spiro atoms. The summed E-state index contributed by atoms with van der Waals surface area (Å²) in [5.74, 6) is -0.0411. The molecule has 0 aliphatic heterocycles. The van der Waals surface area contributed by atoms with Crippen LogP contribution in [-0.2, 0) is 6.42 Å². The van der Waals surface area contributed by atoms with Crippen molar-refractivity contribution >= 4 is 44.9 Å². The molecule has 0 aliphatic rings. The summed E-state index contributed by atoms with van der Waals surface area (Å²) in [6.07, 6.45) is 0.305. The number of carbonyl (C=O) groups is 1. The van der Waals surface area contributed by atoms with Gasteiger partial charge in [-0.1, -0.05) is 57.3 Å². The molecule has 92 valence electrons. The van der Waals surface area contributed by atoms with Gasteiger partial charge in [0.1, 0.15) is 0 Å². The maximum absolute atomic E-state index is 12.1. The van der Waals surface area contributed by atoms with E-state index in [0.717, 1.165) is 10.0 Å². The minimum Gasteiger partial charge on any atom is -0.294 e. The quantitative estimate of drug-likeness (QED) is 0.701. The Morgan fingerprint density at radius 3 is 2.56 bits per heavy atom. The van der Waals surface area contributed by atoms with Crippen molar-refractivity contribution in [1.29, 1.82) is 0 Å². The third-order valence-electron chi connectivity index (χ3n) is 2.51. The van der Waals surface area contributed by atoms with Crippen LogP contribution < -0.4 is 0 Å². The normalized spacial score (nSPS) is 10.4. The van der Waals surface area contributed by atoms with Gasteiger partial charge in [0, 0.05) is 16.5 Å². The van der Waals surface area contributed by atoms with E-state index in [1.807, 2.05) is 24.3 Å². The van der Waals surface area contributed by atoms with Crippen LogP contribution in [0.3, 0.4) is 0 Å². The van der Waals surface area contributed by atoms with Crippen LogP contribution >= 0.6 is 39.1 Å². The van der Waals surface area contributed by atoms with E-state index in [1.165, 1.54) is 0 Å². The maximum atomic E-state index is 12.1. The van der Waals surface area contributed by atoms with Crippen LogP contribution in [0.25, 0.3) is 0 Å². The highest BCUT2D eigenvalue weighted by Crippen LogP contribution is 2.26. The summed E-state index contributed by atoms with van der Waals surface area (Å²) >= 11 is 15.3. The molecule has 2 aromatic rings. The first-order chi connectivity index (χ1) is 8.58. The molecule has 0 atom stereocenters. The van der Waals surface area contributed by atoms with E-state index >= 15 is 0 Å². The van der Waals surface area contributed by atoms with Gasteiger partial charge < -0.3 is 0 Å². The number of Topliss-reactive ketones (excluding diaryl/α,β-unsaturated/α-hetero) is 1. The molecule has 2 aromatic carbocycles. The lowest BCUT2D eigenvalue weighted by atomic mass is 10.0. The second-order valence-electron chi connectivity index (χ2n) is 3.83. The minimum atomic E-state index is -0.0411. The summed E-state index contributed by atoms with van der Waals surface area (Å²) in [7, 11) is 0. The van der Waals surface area contributed by atoms with E-state index in [0.29, 0.717) is 22.0 Å². The molecule has 0 unspecified atom stereocenters. The Bertz CT molecular complexity index is 596. The Morgan fingerprint density at radius 1 is 1.11 bits per heavy atom. The summed E-state index contributed by atoms with van der Waals surface area (Å²) in [6.45, 7) is 0. The largest absolute Gasteiger partial charge is 0.294 e. The van der Waals surface area contributed by atoms with E-state index in [4.69, 9.17) is 23.2 Å². The molecule has 0 bridgehead atoms. The lowest BCUT2D eigenvalue weighted by molar-refractivity contribution is 0.0993. The molecule has 0 fully saturated rings. The molecule has 0 heterocycles. The highest BCUT2D eigenvalue weighted by atomic mass is 79.9. The number of halogens is 3. The zero-order valence-corrected chi connectivity index (χ0v) is 12.4. The van der Waals surface area contributed by atoms with Crippen LogP contribution in [0, 0.1) is 0 Å². The van der Waals surface area contributed by atoms with Crippen molar-refractivity contribution in [1.82, 2.24) is 0 Å². The van der Waals surface area contributed by atoms with Gasteiger partial charge in [-0.25, -0.2) is 0 Å². The van der Waals surface area contributed by atoms with E-state index in [1.54, 1.807) is 18.2 Å². The number of carbonyl (C=O) groups excluding carboxylic acids is 1. The number of benzene rings is 2. The molecule has 4 heteroatoms. The van der Waals surface area contributed by atoms with Crippen molar-refractivity contribution < 1.29 is 4.79 Å². The monoisotopic (exact) mass is 342 g/mol.